The minimum Gasteiger partial charge on any atom is -0.461 e. The molecule has 0 fully saturated rings. The molecule has 3 nitrogen and oxygen atoms in total. The maximum Gasteiger partial charge on any atom is 0.333 e. The summed E-state index contributed by atoms with van der Waals surface area (Å²) in [4.78, 5) is 11.2. The van der Waals surface area contributed by atoms with E-state index in [0.29, 0.717) is 5.57 Å². The number of hydrogen-bond donors (Lipinski definition) is 0. The van der Waals surface area contributed by atoms with E-state index >= 15 is 0 Å². The van der Waals surface area contributed by atoms with Crippen molar-refractivity contribution in [3.05, 3.63) is 12.2 Å². The highest BCUT2D eigenvalue weighted by atomic mass is 28.2. The third kappa shape index (κ3) is 5.94. The monoisotopic (exact) mass is 216 g/mol. The van der Waals surface area contributed by atoms with Gasteiger partial charge in [-0.25, -0.2) is 4.79 Å². The number of rotatable bonds is 6. The van der Waals surface area contributed by atoms with Crippen LogP contribution in [-0.2, 0) is 14.0 Å². The van der Waals surface area contributed by atoms with Crippen molar-refractivity contribution in [2.75, 3.05) is 0 Å². The molecule has 0 aromatic heterocycles. The Hall–Kier alpha value is -0.613. The van der Waals surface area contributed by atoms with Gasteiger partial charge in [-0.3, -0.25) is 0 Å². The molecule has 0 aromatic rings. The molecular formula is C10H20O3Si. The molecule has 0 radical (unpaired) electrons. The first-order valence-electron chi connectivity index (χ1n) is 4.95. The molecule has 4 heteroatoms. The highest BCUT2D eigenvalue weighted by Gasteiger charge is 2.14. The van der Waals surface area contributed by atoms with Crippen LogP contribution in [0.1, 0.15) is 34.1 Å². The lowest BCUT2D eigenvalue weighted by Gasteiger charge is -2.17. The Labute approximate surface area is 88.4 Å². The lowest BCUT2D eigenvalue weighted by molar-refractivity contribution is -0.141. The van der Waals surface area contributed by atoms with Crippen LogP contribution in [-0.4, -0.2) is 27.6 Å². The van der Waals surface area contributed by atoms with Crippen molar-refractivity contribution >= 4 is 15.7 Å². The molecular weight excluding hydrogens is 196 g/mol. The van der Waals surface area contributed by atoms with Crippen LogP contribution in [0.2, 0.25) is 0 Å². The van der Waals surface area contributed by atoms with E-state index in [1.807, 2.05) is 20.8 Å². The van der Waals surface area contributed by atoms with E-state index < -0.39 is 9.76 Å². The molecule has 0 aliphatic heterocycles. The van der Waals surface area contributed by atoms with Crippen LogP contribution in [0.15, 0.2) is 12.2 Å². The van der Waals surface area contributed by atoms with E-state index in [-0.39, 0.29) is 17.8 Å². The molecule has 1 unspecified atom stereocenters. The van der Waals surface area contributed by atoms with Gasteiger partial charge in [0.1, 0.15) is 5.73 Å². The Bertz CT molecular complexity index is 202. The Morgan fingerprint density at radius 3 is 2.43 bits per heavy atom. The summed E-state index contributed by atoms with van der Waals surface area (Å²) < 4.78 is 10.7. The van der Waals surface area contributed by atoms with Gasteiger partial charge in [0, 0.05) is 11.7 Å². The molecule has 14 heavy (non-hydrogen) atoms. The molecule has 0 aromatic carbocycles. The Balaban J connectivity index is 3.90. The highest BCUT2D eigenvalue weighted by molar-refractivity contribution is 6.29. The molecule has 0 aliphatic carbocycles. The highest BCUT2D eigenvalue weighted by Crippen LogP contribution is 2.02. The van der Waals surface area contributed by atoms with Crippen molar-refractivity contribution in [3.8, 4) is 0 Å². The maximum absolute atomic E-state index is 11.2. The van der Waals surface area contributed by atoms with Gasteiger partial charge in [0.15, 0.2) is 0 Å². The van der Waals surface area contributed by atoms with Crippen LogP contribution >= 0.6 is 0 Å². The zero-order valence-corrected chi connectivity index (χ0v) is 10.9. The second kappa shape index (κ2) is 6.78. The minimum atomic E-state index is -0.781. The van der Waals surface area contributed by atoms with Gasteiger partial charge in [-0.1, -0.05) is 13.5 Å². The predicted octanol–water partition coefficient (Wildman–Crippen LogP) is 1.35. The summed E-state index contributed by atoms with van der Waals surface area (Å²) in [6.45, 7) is 11.2. The van der Waals surface area contributed by atoms with Crippen LogP contribution in [0.5, 0.6) is 0 Å². The smallest absolute Gasteiger partial charge is 0.333 e. The standard InChI is InChI=1S/C10H20O3Si/c1-6-9(14-13-8(4)5)12-10(11)7(2)3/h8-9H,2,6,14H2,1,3-5H3. The predicted molar refractivity (Wildman–Crippen MR) is 59.8 cm³/mol. The molecule has 0 spiro atoms. The van der Waals surface area contributed by atoms with Crippen molar-refractivity contribution < 1.29 is 14.0 Å². The van der Waals surface area contributed by atoms with Gasteiger partial charge in [-0.05, 0) is 27.2 Å². The third-order valence-corrected chi connectivity index (χ3v) is 3.67. The van der Waals surface area contributed by atoms with Crippen LogP contribution in [0.25, 0.3) is 0 Å². The molecule has 0 saturated heterocycles. The molecule has 82 valence electrons. The molecule has 0 rings (SSSR count). The molecule has 0 N–H and O–H groups in total. The normalized spacial score (nSPS) is 13.5. The minimum absolute atomic E-state index is 0.0263. The van der Waals surface area contributed by atoms with Crippen LogP contribution in [0.4, 0.5) is 0 Å². The topological polar surface area (TPSA) is 35.5 Å². The van der Waals surface area contributed by atoms with Crippen LogP contribution in [0.3, 0.4) is 0 Å². The van der Waals surface area contributed by atoms with Crippen molar-refractivity contribution in [2.45, 2.75) is 45.9 Å². The van der Waals surface area contributed by atoms with Gasteiger partial charge in [0.25, 0.3) is 0 Å². The van der Waals surface area contributed by atoms with Crippen molar-refractivity contribution in [1.82, 2.24) is 0 Å². The van der Waals surface area contributed by atoms with Gasteiger partial charge >= 0.3 is 5.97 Å². The summed E-state index contributed by atoms with van der Waals surface area (Å²) in [6.07, 6.45) is 1.04. The number of carbonyl (C=O) groups excluding carboxylic acids is 1. The molecule has 0 saturated carbocycles. The van der Waals surface area contributed by atoms with E-state index in [4.69, 9.17) is 9.16 Å². The van der Waals surface area contributed by atoms with E-state index in [9.17, 15) is 4.79 Å². The SMILES string of the molecule is C=C(C)C(=O)OC(CC)[SiH2]OC(C)C. The maximum atomic E-state index is 11.2. The van der Waals surface area contributed by atoms with Crippen molar-refractivity contribution in [1.29, 1.82) is 0 Å². The summed E-state index contributed by atoms with van der Waals surface area (Å²) in [5, 5.41) is 0. The molecule has 0 heterocycles. The number of esters is 1. The average Bonchev–Trinajstić information content (AvgIpc) is 2.11. The van der Waals surface area contributed by atoms with E-state index in [2.05, 4.69) is 6.58 Å². The fourth-order valence-corrected chi connectivity index (χ4v) is 1.84. The molecule has 0 bridgehead atoms. The second-order valence-corrected chi connectivity index (χ2v) is 5.18. The zero-order chi connectivity index (χ0) is 11.1. The lowest BCUT2D eigenvalue weighted by Crippen LogP contribution is -2.27. The summed E-state index contributed by atoms with van der Waals surface area (Å²) in [5.74, 6) is -0.309. The number of hydrogen-bond acceptors (Lipinski definition) is 3. The van der Waals surface area contributed by atoms with Gasteiger partial charge in [0.05, 0.1) is 0 Å². The molecule has 0 amide bonds. The van der Waals surface area contributed by atoms with Gasteiger partial charge < -0.3 is 9.16 Å². The fraction of sp³-hybridized carbons (Fsp3) is 0.700. The Morgan fingerprint density at radius 1 is 1.50 bits per heavy atom. The van der Waals surface area contributed by atoms with Crippen molar-refractivity contribution in [2.24, 2.45) is 0 Å². The first-order valence-corrected chi connectivity index (χ1v) is 6.34. The average molecular weight is 216 g/mol. The number of carbonyl (C=O) groups is 1. The fourth-order valence-electron chi connectivity index (χ4n) is 0.787. The van der Waals surface area contributed by atoms with Crippen LogP contribution in [0, 0.1) is 0 Å². The van der Waals surface area contributed by atoms with Gasteiger partial charge in [-0.15, -0.1) is 0 Å². The Kier molecular flexibility index (Phi) is 6.49. The zero-order valence-electron chi connectivity index (χ0n) is 9.50. The van der Waals surface area contributed by atoms with E-state index in [1.54, 1.807) is 6.92 Å². The molecule has 0 aliphatic rings. The number of ether oxygens (including phenoxy) is 1. The summed E-state index contributed by atoms with van der Waals surface area (Å²) in [5.41, 5.74) is 0.420. The quantitative estimate of drug-likeness (QED) is 0.382. The first kappa shape index (κ1) is 13.4. The third-order valence-electron chi connectivity index (χ3n) is 1.69. The first-order chi connectivity index (χ1) is 6.47. The second-order valence-electron chi connectivity index (χ2n) is 3.60. The van der Waals surface area contributed by atoms with E-state index in [0.717, 1.165) is 6.42 Å². The van der Waals surface area contributed by atoms with Gasteiger partial charge in [-0.2, -0.15) is 0 Å². The summed E-state index contributed by atoms with van der Waals surface area (Å²) >= 11 is 0. The van der Waals surface area contributed by atoms with E-state index in [1.165, 1.54) is 0 Å². The lowest BCUT2D eigenvalue weighted by atomic mass is 10.4. The largest absolute Gasteiger partial charge is 0.461 e. The summed E-state index contributed by atoms with van der Waals surface area (Å²) in [7, 11) is -0.781. The molecule has 1 atom stereocenters. The van der Waals surface area contributed by atoms with Crippen LogP contribution < -0.4 is 0 Å². The Morgan fingerprint density at radius 2 is 2.07 bits per heavy atom. The van der Waals surface area contributed by atoms with Gasteiger partial charge in [0.2, 0.25) is 9.76 Å². The summed E-state index contributed by atoms with van der Waals surface area (Å²) in [6, 6.07) is 0. The van der Waals surface area contributed by atoms with Crippen molar-refractivity contribution in [3.63, 3.8) is 0 Å².